The normalized spacial score (nSPS) is 10.3. The molecule has 4 nitrogen and oxygen atoms in total. The first-order valence-corrected chi connectivity index (χ1v) is 6.79. The number of nitrogens with zero attached hydrogens (tertiary/aromatic N) is 2. The van der Waals surface area contributed by atoms with E-state index in [2.05, 4.69) is 18.0 Å². The van der Waals surface area contributed by atoms with Crippen LogP contribution >= 0.6 is 11.3 Å². The third-order valence-electron chi connectivity index (χ3n) is 2.89. The maximum atomic E-state index is 12.4. The molecule has 0 unspecified atom stereocenters. The maximum absolute atomic E-state index is 12.4. The van der Waals surface area contributed by atoms with Crippen molar-refractivity contribution in [1.29, 1.82) is 0 Å². The van der Waals surface area contributed by atoms with Crippen LogP contribution in [0.15, 0.2) is 29.8 Å². The summed E-state index contributed by atoms with van der Waals surface area (Å²) >= 11 is 1.66. The molecule has 1 amide bonds. The number of aryl methyl sites for hydroxylation is 1. The van der Waals surface area contributed by atoms with Crippen molar-refractivity contribution in [3.8, 4) is 5.88 Å². The number of aromatic nitrogens is 1. The Kier molecular flexibility index (Phi) is 4.16. The Bertz CT molecular complexity index is 580. The number of hydrogen-bond acceptors (Lipinski definition) is 4. The van der Waals surface area contributed by atoms with Crippen LogP contribution in [0.25, 0.3) is 0 Å². The second-order valence-corrected chi connectivity index (χ2v) is 5.25. The van der Waals surface area contributed by atoms with E-state index in [9.17, 15) is 4.79 Å². The molecule has 0 saturated heterocycles. The fourth-order valence-corrected chi connectivity index (χ4v) is 2.73. The Balaban J connectivity index is 2.17. The molecule has 0 aliphatic rings. The Hall–Kier alpha value is -1.88. The molecule has 0 atom stereocenters. The van der Waals surface area contributed by atoms with Gasteiger partial charge in [-0.2, -0.15) is 0 Å². The average Bonchev–Trinajstić information content (AvgIpc) is 2.83. The fourth-order valence-electron chi connectivity index (χ4n) is 1.78. The quantitative estimate of drug-likeness (QED) is 0.862. The summed E-state index contributed by atoms with van der Waals surface area (Å²) in [5.41, 5.74) is 1.70. The van der Waals surface area contributed by atoms with E-state index in [-0.39, 0.29) is 5.91 Å². The van der Waals surface area contributed by atoms with Gasteiger partial charge in [0.25, 0.3) is 5.91 Å². The van der Waals surface area contributed by atoms with Crippen molar-refractivity contribution in [2.75, 3.05) is 14.2 Å². The van der Waals surface area contributed by atoms with E-state index < -0.39 is 0 Å². The van der Waals surface area contributed by atoms with Crippen LogP contribution in [0, 0.1) is 6.92 Å². The van der Waals surface area contributed by atoms with Crippen LogP contribution in [0.1, 0.15) is 20.8 Å². The van der Waals surface area contributed by atoms with Crippen LogP contribution in [0.4, 0.5) is 0 Å². The number of rotatable bonds is 4. The van der Waals surface area contributed by atoms with E-state index >= 15 is 0 Å². The topological polar surface area (TPSA) is 42.4 Å². The molecule has 19 heavy (non-hydrogen) atoms. The van der Waals surface area contributed by atoms with E-state index in [0.717, 1.165) is 0 Å². The van der Waals surface area contributed by atoms with E-state index in [1.54, 1.807) is 41.6 Å². The number of pyridine rings is 1. The summed E-state index contributed by atoms with van der Waals surface area (Å²) < 4.78 is 5.12. The number of hydrogen-bond donors (Lipinski definition) is 0. The predicted octanol–water partition coefficient (Wildman–Crippen LogP) is 2.73. The monoisotopic (exact) mass is 276 g/mol. The van der Waals surface area contributed by atoms with Gasteiger partial charge in [0, 0.05) is 18.1 Å². The molecular formula is C14H16N2O2S. The lowest BCUT2D eigenvalue weighted by Crippen LogP contribution is -2.26. The first-order chi connectivity index (χ1) is 9.13. The second-order valence-electron chi connectivity index (χ2n) is 4.25. The predicted molar refractivity (Wildman–Crippen MR) is 75.6 cm³/mol. The smallest absolute Gasteiger partial charge is 0.259 e. The van der Waals surface area contributed by atoms with E-state index in [1.165, 1.54) is 17.6 Å². The van der Waals surface area contributed by atoms with Crippen molar-refractivity contribution < 1.29 is 9.53 Å². The Morgan fingerprint density at radius 1 is 1.47 bits per heavy atom. The minimum absolute atomic E-state index is 0.0854. The molecule has 2 aromatic rings. The zero-order valence-electron chi connectivity index (χ0n) is 11.2. The SMILES string of the molecule is COc1ncccc1C(=O)N(C)Cc1sccc1C. The van der Waals surface area contributed by atoms with Crippen LogP contribution < -0.4 is 4.74 Å². The van der Waals surface area contributed by atoms with Gasteiger partial charge in [0.1, 0.15) is 5.56 Å². The average molecular weight is 276 g/mol. The number of ether oxygens (including phenoxy) is 1. The maximum Gasteiger partial charge on any atom is 0.259 e. The van der Waals surface area contributed by atoms with Crippen LogP contribution in [-0.2, 0) is 6.54 Å². The third kappa shape index (κ3) is 2.93. The van der Waals surface area contributed by atoms with E-state index in [1.807, 2.05) is 5.38 Å². The van der Waals surface area contributed by atoms with Gasteiger partial charge < -0.3 is 9.64 Å². The molecule has 0 aliphatic heterocycles. The Labute approximate surface area is 116 Å². The summed E-state index contributed by atoms with van der Waals surface area (Å²) in [5, 5.41) is 2.04. The van der Waals surface area contributed by atoms with Crippen molar-refractivity contribution >= 4 is 17.2 Å². The minimum atomic E-state index is -0.0854. The molecule has 100 valence electrons. The summed E-state index contributed by atoms with van der Waals surface area (Å²) in [6, 6.07) is 5.52. The van der Waals surface area contributed by atoms with E-state index in [4.69, 9.17) is 4.74 Å². The molecule has 2 heterocycles. The van der Waals surface area contributed by atoms with Crippen molar-refractivity contribution in [3.63, 3.8) is 0 Å². The molecule has 0 saturated carbocycles. The number of thiophene rings is 1. The molecule has 0 spiro atoms. The summed E-state index contributed by atoms with van der Waals surface area (Å²) in [5.74, 6) is 0.278. The second kappa shape index (κ2) is 5.84. The number of methoxy groups -OCH3 is 1. The molecule has 0 fully saturated rings. The molecule has 2 rings (SSSR count). The lowest BCUT2D eigenvalue weighted by atomic mass is 10.2. The number of amides is 1. The lowest BCUT2D eigenvalue weighted by molar-refractivity contribution is 0.0782. The molecule has 0 bridgehead atoms. The first kappa shape index (κ1) is 13.5. The highest BCUT2D eigenvalue weighted by atomic mass is 32.1. The van der Waals surface area contributed by atoms with Crippen molar-refractivity contribution in [3.05, 3.63) is 45.8 Å². The highest BCUT2D eigenvalue weighted by molar-refractivity contribution is 7.10. The largest absolute Gasteiger partial charge is 0.480 e. The number of carbonyl (C=O) groups is 1. The molecule has 0 aliphatic carbocycles. The minimum Gasteiger partial charge on any atom is -0.480 e. The van der Waals surface area contributed by atoms with Crippen LogP contribution in [0.3, 0.4) is 0 Å². The Morgan fingerprint density at radius 3 is 2.89 bits per heavy atom. The summed E-state index contributed by atoms with van der Waals surface area (Å²) in [6.07, 6.45) is 1.61. The van der Waals surface area contributed by atoms with Gasteiger partial charge in [0.2, 0.25) is 5.88 Å². The molecular weight excluding hydrogens is 260 g/mol. The zero-order chi connectivity index (χ0) is 13.8. The Morgan fingerprint density at radius 2 is 2.26 bits per heavy atom. The van der Waals surface area contributed by atoms with Gasteiger partial charge in [-0.15, -0.1) is 11.3 Å². The van der Waals surface area contributed by atoms with Crippen LogP contribution in [0.5, 0.6) is 5.88 Å². The van der Waals surface area contributed by atoms with Gasteiger partial charge >= 0.3 is 0 Å². The zero-order valence-corrected chi connectivity index (χ0v) is 12.0. The third-order valence-corrected chi connectivity index (χ3v) is 3.90. The lowest BCUT2D eigenvalue weighted by Gasteiger charge is -2.17. The highest BCUT2D eigenvalue weighted by Crippen LogP contribution is 2.20. The molecule has 0 aromatic carbocycles. The van der Waals surface area contributed by atoms with Crippen molar-refractivity contribution in [2.24, 2.45) is 0 Å². The van der Waals surface area contributed by atoms with Gasteiger partial charge in [0.05, 0.1) is 13.7 Å². The van der Waals surface area contributed by atoms with E-state index in [0.29, 0.717) is 18.0 Å². The summed E-state index contributed by atoms with van der Waals surface area (Å²) in [4.78, 5) is 19.3. The van der Waals surface area contributed by atoms with Crippen molar-refractivity contribution in [2.45, 2.75) is 13.5 Å². The fraction of sp³-hybridized carbons (Fsp3) is 0.286. The van der Waals surface area contributed by atoms with Crippen molar-refractivity contribution in [1.82, 2.24) is 9.88 Å². The van der Waals surface area contributed by atoms with Crippen LogP contribution in [-0.4, -0.2) is 29.9 Å². The molecule has 2 aromatic heterocycles. The molecule has 5 heteroatoms. The molecule has 0 N–H and O–H groups in total. The van der Waals surface area contributed by atoms with Gasteiger partial charge in [0.15, 0.2) is 0 Å². The van der Waals surface area contributed by atoms with Crippen LogP contribution in [0.2, 0.25) is 0 Å². The van der Waals surface area contributed by atoms with Gasteiger partial charge in [-0.1, -0.05) is 0 Å². The summed E-state index contributed by atoms with van der Waals surface area (Å²) in [6.45, 7) is 2.65. The summed E-state index contributed by atoms with van der Waals surface area (Å²) in [7, 11) is 3.30. The number of carbonyl (C=O) groups excluding carboxylic acids is 1. The van der Waals surface area contributed by atoms with Gasteiger partial charge in [-0.3, -0.25) is 4.79 Å². The standard InChI is InChI=1S/C14H16N2O2S/c1-10-6-8-19-12(10)9-16(2)14(17)11-5-4-7-15-13(11)18-3/h4-8H,9H2,1-3H3. The van der Waals surface area contributed by atoms with Gasteiger partial charge in [-0.05, 0) is 36.1 Å². The molecule has 0 radical (unpaired) electrons. The van der Waals surface area contributed by atoms with Gasteiger partial charge in [-0.25, -0.2) is 4.98 Å². The first-order valence-electron chi connectivity index (χ1n) is 5.91. The highest BCUT2D eigenvalue weighted by Gasteiger charge is 2.18.